The van der Waals surface area contributed by atoms with Crippen molar-refractivity contribution >= 4 is 22.9 Å². The molecule has 2 nitrogen and oxygen atoms in total. The van der Waals surface area contributed by atoms with Crippen LogP contribution in [0, 0.1) is 13.8 Å². The number of halogens is 1. The van der Waals surface area contributed by atoms with Crippen LogP contribution < -0.4 is 0 Å². The molecule has 2 rings (SSSR count). The van der Waals surface area contributed by atoms with Crippen LogP contribution in [0.25, 0.3) is 0 Å². The Hall–Kier alpha value is -0.900. The maximum Gasteiger partial charge on any atom is 0.116 e. The summed E-state index contributed by atoms with van der Waals surface area (Å²) in [6.07, 6.45) is -0.681. The van der Waals surface area contributed by atoms with Gasteiger partial charge in [0.1, 0.15) is 6.10 Å². The molecule has 0 saturated carbocycles. The smallest absolute Gasteiger partial charge is 0.116 e. The number of aliphatic hydroxyl groups excluding tert-OH is 1. The van der Waals surface area contributed by atoms with Crippen LogP contribution in [0.4, 0.5) is 0 Å². The summed E-state index contributed by atoms with van der Waals surface area (Å²) in [7, 11) is 0. The molecular weight excluding hydrogens is 242 g/mol. The molecule has 1 N–H and O–H groups in total. The van der Waals surface area contributed by atoms with E-state index < -0.39 is 6.10 Å². The Balaban J connectivity index is 2.43. The van der Waals surface area contributed by atoms with Crippen molar-refractivity contribution in [3.8, 4) is 0 Å². The van der Waals surface area contributed by atoms with Crippen molar-refractivity contribution in [3.05, 3.63) is 50.4 Å². The lowest BCUT2D eigenvalue weighted by Gasteiger charge is -2.11. The van der Waals surface area contributed by atoms with E-state index in [0.717, 1.165) is 21.1 Å². The van der Waals surface area contributed by atoms with E-state index in [2.05, 4.69) is 4.98 Å². The van der Waals surface area contributed by atoms with Gasteiger partial charge in [0.2, 0.25) is 0 Å². The van der Waals surface area contributed by atoms with E-state index in [1.54, 1.807) is 6.07 Å². The van der Waals surface area contributed by atoms with E-state index in [9.17, 15) is 5.11 Å². The van der Waals surface area contributed by atoms with Crippen LogP contribution in [0.2, 0.25) is 5.02 Å². The molecule has 1 atom stereocenters. The normalized spacial score (nSPS) is 12.8. The SMILES string of the molecule is Cc1nc(C)c(C(O)c2ccccc2Cl)s1. The fraction of sp³-hybridized carbons (Fsp3) is 0.250. The highest BCUT2D eigenvalue weighted by molar-refractivity contribution is 7.11. The summed E-state index contributed by atoms with van der Waals surface area (Å²) in [5, 5.41) is 11.8. The average molecular weight is 254 g/mol. The first kappa shape index (κ1) is 11.6. The largest absolute Gasteiger partial charge is 0.383 e. The highest BCUT2D eigenvalue weighted by Gasteiger charge is 2.18. The van der Waals surface area contributed by atoms with Gasteiger partial charge in [-0.25, -0.2) is 4.98 Å². The third kappa shape index (κ3) is 2.12. The van der Waals surface area contributed by atoms with Crippen molar-refractivity contribution in [1.82, 2.24) is 4.98 Å². The second-order valence-corrected chi connectivity index (χ2v) is 5.25. The summed E-state index contributed by atoms with van der Waals surface area (Å²) in [5.74, 6) is 0. The minimum Gasteiger partial charge on any atom is -0.383 e. The van der Waals surface area contributed by atoms with Crippen molar-refractivity contribution in [2.24, 2.45) is 0 Å². The molecule has 0 fully saturated rings. The first-order valence-electron chi connectivity index (χ1n) is 4.96. The average Bonchev–Trinajstić information content (AvgIpc) is 2.58. The number of hydrogen-bond acceptors (Lipinski definition) is 3. The molecule has 1 aromatic heterocycles. The van der Waals surface area contributed by atoms with Crippen molar-refractivity contribution in [1.29, 1.82) is 0 Å². The Morgan fingerprint density at radius 2 is 2.00 bits per heavy atom. The number of rotatable bonds is 2. The molecular formula is C12H12ClNOS. The second kappa shape index (κ2) is 4.53. The van der Waals surface area contributed by atoms with Crippen LogP contribution >= 0.6 is 22.9 Å². The molecule has 0 aliphatic heterocycles. The fourth-order valence-corrected chi connectivity index (χ4v) is 2.81. The molecule has 0 amide bonds. The van der Waals surface area contributed by atoms with E-state index in [-0.39, 0.29) is 0 Å². The summed E-state index contributed by atoms with van der Waals surface area (Å²) in [4.78, 5) is 5.17. The van der Waals surface area contributed by atoms with Crippen molar-refractivity contribution in [2.45, 2.75) is 20.0 Å². The molecule has 0 radical (unpaired) electrons. The molecule has 2 aromatic rings. The maximum absolute atomic E-state index is 10.3. The highest BCUT2D eigenvalue weighted by Crippen LogP contribution is 2.33. The van der Waals surface area contributed by atoms with Crippen molar-refractivity contribution < 1.29 is 5.11 Å². The Kier molecular flexibility index (Phi) is 3.28. The number of aromatic nitrogens is 1. The highest BCUT2D eigenvalue weighted by atomic mass is 35.5. The van der Waals surface area contributed by atoms with E-state index in [1.807, 2.05) is 32.0 Å². The van der Waals surface area contributed by atoms with Gasteiger partial charge < -0.3 is 5.11 Å². The monoisotopic (exact) mass is 253 g/mol. The minimum atomic E-state index is -0.681. The maximum atomic E-state index is 10.3. The van der Waals surface area contributed by atoms with Gasteiger partial charge in [-0.1, -0.05) is 29.8 Å². The number of thiazole rings is 1. The number of benzene rings is 1. The van der Waals surface area contributed by atoms with Crippen LogP contribution in [-0.4, -0.2) is 10.1 Å². The molecule has 0 aliphatic rings. The Bertz CT molecular complexity index is 509. The molecule has 0 saturated heterocycles. The van der Waals surface area contributed by atoms with Crippen LogP contribution in [0.15, 0.2) is 24.3 Å². The lowest BCUT2D eigenvalue weighted by atomic mass is 10.1. The topological polar surface area (TPSA) is 33.1 Å². The zero-order chi connectivity index (χ0) is 11.7. The van der Waals surface area contributed by atoms with Gasteiger partial charge in [-0.2, -0.15) is 0 Å². The fourth-order valence-electron chi connectivity index (χ4n) is 1.64. The van der Waals surface area contributed by atoms with Crippen LogP contribution in [0.1, 0.15) is 27.2 Å². The molecule has 1 aromatic carbocycles. The third-order valence-corrected chi connectivity index (χ3v) is 3.86. The quantitative estimate of drug-likeness (QED) is 0.889. The van der Waals surface area contributed by atoms with E-state index in [1.165, 1.54) is 11.3 Å². The number of nitrogens with zero attached hydrogens (tertiary/aromatic N) is 1. The van der Waals surface area contributed by atoms with Gasteiger partial charge in [0.25, 0.3) is 0 Å². The van der Waals surface area contributed by atoms with Gasteiger partial charge in [0, 0.05) is 10.6 Å². The standard InChI is InChI=1S/C12H12ClNOS/c1-7-12(16-8(2)14-7)11(15)9-5-3-4-6-10(9)13/h3-6,11,15H,1-2H3. The molecule has 0 spiro atoms. The number of hydrogen-bond donors (Lipinski definition) is 1. The molecule has 1 heterocycles. The first-order chi connectivity index (χ1) is 7.59. The molecule has 0 bridgehead atoms. The summed E-state index contributed by atoms with van der Waals surface area (Å²) in [6.45, 7) is 3.83. The molecule has 0 aliphatic carbocycles. The predicted molar refractivity (Wildman–Crippen MR) is 67.1 cm³/mol. The molecule has 4 heteroatoms. The van der Waals surface area contributed by atoms with Gasteiger partial charge in [-0.3, -0.25) is 0 Å². The van der Waals surface area contributed by atoms with Gasteiger partial charge in [-0.05, 0) is 19.9 Å². The Morgan fingerprint density at radius 3 is 2.56 bits per heavy atom. The summed E-state index contributed by atoms with van der Waals surface area (Å²) >= 11 is 7.56. The third-order valence-electron chi connectivity index (χ3n) is 2.39. The van der Waals surface area contributed by atoms with E-state index in [4.69, 9.17) is 11.6 Å². The second-order valence-electron chi connectivity index (χ2n) is 3.61. The van der Waals surface area contributed by atoms with Crippen LogP contribution in [-0.2, 0) is 0 Å². The number of aryl methyl sites for hydroxylation is 2. The first-order valence-corrected chi connectivity index (χ1v) is 6.15. The molecule has 84 valence electrons. The lowest BCUT2D eigenvalue weighted by molar-refractivity contribution is 0.223. The lowest BCUT2D eigenvalue weighted by Crippen LogP contribution is -1.99. The summed E-state index contributed by atoms with van der Waals surface area (Å²) in [6, 6.07) is 7.34. The minimum absolute atomic E-state index is 0.584. The van der Waals surface area contributed by atoms with E-state index >= 15 is 0 Å². The van der Waals surface area contributed by atoms with Crippen LogP contribution in [0.3, 0.4) is 0 Å². The number of aliphatic hydroxyl groups is 1. The van der Waals surface area contributed by atoms with Crippen molar-refractivity contribution in [2.75, 3.05) is 0 Å². The van der Waals surface area contributed by atoms with Gasteiger partial charge in [0.15, 0.2) is 0 Å². The Labute approximate surface area is 104 Å². The predicted octanol–water partition coefficient (Wildman–Crippen LogP) is 3.50. The van der Waals surface area contributed by atoms with Gasteiger partial charge >= 0.3 is 0 Å². The van der Waals surface area contributed by atoms with E-state index in [0.29, 0.717) is 5.02 Å². The van der Waals surface area contributed by atoms with Crippen LogP contribution in [0.5, 0.6) is 0 Å². The van der Waals surface area contributed by atoms with Gasteiger partial charge in [0.05, 0.1) is 15.6 Å². The summed E-state index contributed by atoms with van der Waals surface area (Å²) in [5.41, 5.74) is 1.60. The Morgan fingerprint density at radius 1 is 1.31 bits per heavy atom. The molecule has 16 heavy (non-hydrogen) atoms. The van der Waals surface area contributed by atoms with Crippen molar-refractivity contribution in [3.63, 3.8) is 0 Å². The zero-order valence-corrected chi connectivity index (χ0v) is 10.6. The zero-order valence-electron chi connectivity index (χ0n) is 9.07. The van der Waals surface area contributed by atoms with Gasteiger partial charge in [-0.15, -0.1) is 11.3 Å². The summed E-state index contributed by atoms with van der Waals surface area (Å²) < 4.78 is 0. The molecule has 1 unspecified atom stereocenters.